The molecule has 0 aromatic heterocycles. The SMILES string of the molecule is NNC=O.c1ccc2c(c1)CCC2. The van der Waals surface area contributed by atoms with Gasteiger partial charge < -0.3 is 0 Å². The summed E-state index contributed by atoms with van der Waals surface area (Å²) in [6, 6.07) is 8.74. The van der Waals surface area contributed by atoms with E-state index < -0.39 is 0 Å². The fourth-order valence-corrected chi connectivity index (χ4v) is 1.51. The van der Waals surface area contributed by atoms with Gasteiger partial charge in [-0.15, -0.1) is 0 Å². The van der Waals surface area contributed by atoms with Gasteiger partial charge >= 0.3 is 0 Å². The van der Waals surface area contributed by atoms with Crippen LogP contribution in [0, 0.1) is 0 Å². The molecule has 0 spiro atoms. The second kappa shape index (κ2) is 5.32. The minimum atomic E-state index is 0.403. The molecule has 1 aliphatic rings. The average molecular weight is 178 g/mol. The molecule has 0 atom stereocenters. The first-order chi connectivity index (χ1) is 6.38. The molecule has 0 fully saturated rings. The van der Waals surface area contributed by atoms with Crippen molar-refractivity contribution < 1.29 is 4.79 Å². The second-order valence-corrected chi connectivity index (χ2v) is 2.91. The Morgan fingerprint density at radius 3 is 2.08 bits per heavy atom. The van der Waals surface area contributed by atoms with Gasteiger partial charge in [-0.05, 0) is 30.4 Å². The summed E-state index contributed by atoms with van der Waals surface area (Å²) < 4.78 is 0. The van der Waals surface area contributed by atoms with Crippen molar-refractivity contribution in [2.75, 3.05) is 0 Å². The molecule has 0 heterocycles. The lowest BCUT2D eigenvalue weighted by Gasteiger charge is -1.93. The molecule has 0 saturated carbocycles. The third-order valence-corrected chi connectivity index (χ3v) is 2.08. The maximum atomic E-state index is 8.94. The van der Waals surface area contributed by atoms with Crippen molar-refractivity contribution in [1.82, 2.24) is 5.43 Å². The highest BCUT2D eigenvalue weighted by Crippen LogP contribution is 2.20. The summed E-state index contributed by atoms with van der Waals surface area (Å²) >= 11 is 0. The number of rotatable bonds is 1. The molecule has 0 saturated heterocycles. The minimum Gasteiger partial charge on any atom is -0.297 e. The first-order valence-corrected chi connectivity index (χ1v) is 4.35. The molecule has 0 unspecified atom stereocenters. The molecule has 70 valence electrons. The zero-order chi connectivity index (χ0) is 9.52. The van der Waals surface area contributed by atoms with E-state index in [9.17, 15) is 0 Å². The van der Waals surface area contributed by atoms with Crippen molar-refractivity contribution in [3.63, 3.8) is 0 Å². The maximum absolute atomic E-state index is 8.94. The Labute approximate surface area is 77.9 Å². The second-order valence-electron chi connectivity index (χ2n) is 2.91. The van der Waals surface area contributed by atoms with Gasteiger partial charge in [0.25, 0.3) is 0 Å². The van der Waals surface area contributed by atoms with Crippen LogP contribution in [0.25, 0.3) is 0 Å². The highest BCUT2D eigenvalue weighted by atomic mass is 16.1. The van der Waals surface area contributed by atoms with Gasteiger partial charge in [-0.3, -0.25) is 10.2 Å². The molecule has 1 aliphatic carbocycles. The van der Waals surface area contributed by atoms with E-state index in [1.165, 1.54) is 19.3 Å². The van der Waals surface area contributed by atoms with Gasteiger partial charge in [0.05, 0.1) is 0 Å². The molecule has 1 aromatic rings. The van der Waals surface area contributed by atoms with Gasteiger partial charge in [-0.1, -0.05) is 24.3 Å². The summed E-state index contributed by atoms with van der Waals surface area (Å²) in [4.78, 5) is 8.94. The van der Waals surface area contributed by atoms with E-state index in [1.807, 2.05) is 0 Å². The molecule has 3 N–H and O–H groups in total. The van der Waals surface area contributed by atoms with E-state index >= 15 is 0 Å². The summed E-state index contributed by atoms with van der Waals surface area (Å²) in [5.41, 5.74) is 4.88. The molecule has 3 heteroatoms. The normalized spacial score (nSPS) is 12.4. The third kappa shape index (κ3) is 2.87. The molecular formula is C10H14N2O. The quantitative estimate of drug-likeness (QED) is 0.289. The first kappa shape index (κ1) is 9.74. The lowest BCUT2D eigenvalue weighted by atomic mass is 10.1. The highest BCUT2D eigenvalue weighted by Gasteiger charge is 2.07. The minimum absolute atomic E-state index is 0.403. The zero-order valence-corrected chi connectivity index (χ0v) is 7.49. The van der Waals surface area contributed by atoms with Crippen molar-refractivity contribution in [3.8, 4) is 0 Å². The summed E-state index contributed by atoms with van der Waals surface area (Å²) in [6.07, 6.45) is 4.37. The van der Waals surface area contributed by atoms with Crippen molar-refractivity contribution in [2.24, 2.45) is 5.84 Å². The number of carbonyl (C=O) groups is 1. The lowest BCUT2D eigenvalue weighted by Crippen LogP contribution is -2.18. The highest BCUT2D eigenvalue weighted by molar-refractivity contribution is 5.44. The van der Waals surface area contributed by atoms with Crippen LogP contribution in [0.5, 0.6) is 0 Å². The van der Waals surface area contributed by atoms with Gasteiger partial charge in [0.15, 0.2) is 0 Å². The largest absolute Gasteiger partial charge is 0.297 e. The van der Waals surface area contributed by atoms with Crippen LogP contribution >= 0.6 is 0 Å². The molecule has 1 amide bonds. The van der Waals surface area contributed by atoms with Gasteiger partial charge in [-0.2, -0.15) is 0 Å². The average Bonchev–Trinajstić information content (AvgIpc) is 2.66. The standard InChI is InChI=1S/C9H10.CH4N2O/c1-2-5-9-7-3-6-8(9)4-1;2-3-1-4/h1-2,4-5H,3,6-7H2;1H,2H2,(H,3,4). The monoisotopic (exact) mass is 178 g/mol. The van der Waals surface area contributed by atoms with Gasteiger partial charge in [0, 0.05) is 0 Å². The van der Waals surface area contributed by atoms with Crippen LogP contribution in [0.4, 0.5) is 0 Å². The Kier molecular flexibility index (Phi) is 3.99. The predicted molar refractivity (Wildman–Crippen MR) is 51.9 cm³/mol. The van der Waals surface area contributed by atoms with Crippen LogP contribution in [-0.4, -0.2) is 6.41 Å². The Morgan fingerprint density at radius 2 is 1.69 bits per heavy atom. The Morgan fingerprint density at radius 1 is 1.23 bits per heavy atom. The zero-order valence-electron chi connectivity index (χ0n) is 7.49. The van der Waals surface area contributed by atoms with E-state index in [-0.39, 0.29) is 0 Å². The van der Waals surface area contributed by atoms with Crippen molar-refractivity contribution >= 4 is 6.41 Å². The van der Waals surface area contributed by atoms with Crippen LogP contribution < -0.4 is 11.3 Å². The molecule has 1 aromatic carbocycles. The third-order valence-electron chi connectivity index (χ3n) is 2.08. The van der Waals surface area contributed by atoms with E-state index in [4.69, 9.17) is 4.79 Å². The Balaban J connectivity index is 0.000000184. The number of amides is 1. The molecule has 3 nitrogen and oxygen atoms in total. The molecular weight excluding hydrogens is 164 g/mol. The first-order valence-electron chi connectivity index (χ1n) is 4.35. The summed E-state index contributed by atoms with van der Waals surface area (Å²) in [5, 5.41) is 0. The summed E-state index contributed by atoms with van der Waals surface area (Å²) in [5.74, 6) is 4.41. The van der Waals surface area contributed by atoms with Gasteiger partial charge in [0.2, 0.25) is 6.41 Å². The molecule has 0 bridgehead atoms. The Bertz CT molecular complexity index is 250. The van der Waals surface area contributed by atoms with Crippen LogP contribution in [0.2, 0.25) is 0 Å². The summed E-state index contributed by atoms with van der Waals surface area (Å²) in [6.45, 7) is 0. The topological polar surface area (TPSA) is 55.1 Å². The van der Waals surface area contributed by atoms with Crippen LogP contribution in [0.15, 0.2) is 24.3 Å². The van der Waals surface area contributed by atoms with Crippen LogP contribution in [0.3, 0.4) is 0 Å². The number of carbonyl (C=O) groups excluding carboxylic acids is 1. The number of hydrazine groups is 1. The van der Waals surface area contributed by atoms with Crippen LogP contribution in [-0.2, 0) is 17.6 Å². The maximum Gasteiger partial charge on any atom is 0.221 e. The van der Waals surface area contributed by atoms with E-state index in [1.54, 1.807) is 16.6 Å². The predicted octanol–water partition coefficient (Wildman–Crippen LogP) is 0.781. The number of benzene rings is 1. The van der Waals surface area contributed by atoms with Crippen molar-refractivity contribution in [3.05, 3.63) is 35.4 Å². The smallest absolute Gasteiger partial charge is 0.221 e. The fraction of sp³-hybridized carbons (Fsp3) is 0.300. The number of aryl methyl sites for hydroxylation is 2. The van der Waals surface area contributed by atoms with E-state index in [0.29, 0.717) is 6.41 Å². The molecule has 13 heavy (non-hydrogen) atoms. The van der Waals surface area contributed by atoms with Gasteiger partial charge in [0.1, 0.15) is 0 Å². The van der Waals surface area contributed by atoms with Gasteiger partial charge in [-0.25, -0.2) is 5.84 Å². The number of hydrogen-bond acceptors (Lipinski definition) is 2. The van der Waals surface area contributed by atoms with Crippen LogP contribution in [0.1, 0.15) is 17.5 Å². The number of nitrogens with two attached hydrogens (primary N) is 1. The Hall–Kier alpha value is -1.35. The molecule has 2 rings (SSSR count). The molecule has 0 radical (unpaired) electrons. The van der Waals surface area contributed by atoms with E-state index in [2.05, 4.69) is 30.1 Å². The number of nitrogens with one attached hydrogen (secondary N) is 1. The van der Waals surface area contributed by atoms with Crippen molar-refractivity contribution in [1.29, 1.82) is 0 Å². The number of fused-ring (bicyclic) bond motifs is 1. The van der Waals surface area contributed by atoms with Crippen molar-refractivity contribution in [2.45, 2.75) is 19.3 Å². The lowest BCUT2D eigenvalue weighted by molar-refractivity contribution is -0.109. The molecule has 0 aliphatic heterocycles. The number of hydrogen-bond donors (Lipinski definition) is 2. The summed E-state index contributed by atoms with van der Waals surface area (Å²) in [7, 11) is 0. The fourth-order valence-electron chi connectivity index (χ4n) is 1.51. The van der Waals surface area contributed by atoms with E-state index in [0.717, 1.165) is 0 Å².